The van der Waals surface area contributed by atoms with Gasteiger partial charge in [0.25, 0.3) is 0 Å². The van der Waals surface area contributed by atoms with Crippen LogP contribution in [0, 0.1) is 0 Å². The molecule has 0 aromatic heterocycles. The van der Waals surface area contributed by atoms with Crippen molar-refractivity contribution >= 4 is 21.4 Å². The smallest absolute Gasteiger partial charge is 0.238 e. The van der Waals surface area contributed by atoms with E-state index in [9.17, 15) is 13.2 Å². The number of rotatable bonds is 6. The van der Waals surface area contributed by atoms with Gasteiger partial charge in [0.1, 0.15) is 16.4 Å². The summed E-state index contributed by atoms with van der Waals surface area (Å²) in [6.07, 6.45) is 1.14. The number of benzene rings is 2. The predicted molar refractivity (Wildman–Crippen MR) is 93.3 cm³/mol. The molecule has 0 radical (unpaired) electrons. The zero-order valence-corrected chi connectivity index (χ0v) is 14.6. The summed E-state index contributed by atoms with van der Waals surface area (Å²) in [5, 5.41) is 2.77. The molecule has 1 N–H and O–H groups in total. The lowest BCUT2D eigenvalue weighted by atomic mass is 10.3. The largest absolute Gasteiger partial charge is 0.456 e. The number of nitrogens with zero attached hydrogens (tertiary/aromatic N) is 1. The highest BCUT2D eigenvalue weighted by Crippen LogP contribution is 2.29. The number of hydrogen-bond acceptors (Lipinski definition) is 5. The van der Waals surface area contributed by atoms with Crippen molar-refractivity contribution in [3.05, 3.63) is 48.5 Å². The minimum absolute atomic E-state index is 0.115. The van der Waals surface area contributed by atoms with E-state index in [0.717, 1.165) is 6.26 Å². The number of likely N-dealkylation sites (N-methyl/N-ethyl adjacent to an activating group) is 1. The summed E-state index contributed by atoms with van der Waals surface area (Å²) in [4.78, 5) is 13.6. The molecule has 2 aromatic carbocycles. The lowest BCUT2D eigenvalue weighted by molar-refractivity contribution is -0.116. The quantitative estimate of drug-likeness (QED) is 0.867. The van der Waals surface area contributed by atoms with E-state index in [1.165, 1.54) is 6.07 Å². The summed E-state index contributed by atoms with van der Waals surface area (Å²) in [6, 6.07) is 13.2. The Balaban J connectivity index is 2.12. The highest BCUT2D eigenvalue weighted by molar-refractivity contribution is 7.90. The van der Waals surface area contributed by atoms with Crippen molar-refractivity contribution in [3.8, 4) is 11.5 Å². The summed E-state index contributed by atoms with van der Waals surface area (Å²) in [6.45, 7) is 0.292. The number of nitrogens with one attached hydrogen (secondary N) is 1. The van der Waals surface area contributed by atoms with Gasteiger partial charge in [-0.1, -0.05) is 12.1 Å². The lowest BCUT2D eigenvalue weighted by Gasteiger charge is -2.12. The molecule has 24 heavy (non-hydrogen) atoms. The van der Waals surface area contributed by atoms with Crippen molar-refractivity contribution in [3.63, 3.8) is 0 Å². The van der Waals surface area contributed by atoms with Gasteiger partial charge in [0, 0.05) is 11.9 Å². The molecule has 2 rings (SSSR count). The van der Waals surface area contributed by atoms with Gasteiger partial charge in [0.15, 0.2) is 9.84 Å². The van der Waals surface area contributed by atoms with Crippen molar-refractivity contribution in [1.82, 2.24) is 4.90 Å². The van der Waals surface area contributed by atoms with E-state index >= 15 is 0 Å². The number of para-hydroxylation sites is 1. The molecule has 0 saturated carbocycles. The molecule has 1 amide bonds. The topological polar surface area (TPSA) is 75.7 Å². The molecule has 0 heterocycles. The van der Waals surface area contributed by atoms with E-state index in [-0.39, 0.29) is 16.6 Å². The van der Waals surface area contributed by atoms with Crippen LogP contribution in [0.3, 0.4) is 0 Å². The molecule has 0 unspecified atom stereocenters. The minimum atomic E-state index is -3.38. The van der Waals surface area contributed by atoms with Crippen molar-refractivity contribution in [2.75, 3.05) is 32.2 Å². The average molecular weight is 348 g/mol. The van der Waals surface area contributed by atoms with Gasteiger partial charge in [0.05, 0.1) is 6.54 Å². The third-order valence-corrected chi connectivity index (χ3v) is 4.21. The normalized spacial score (nSPS) is 11.3. The molecule has 6 nitrogen and oxygen atoms in total. The van der Waals surface area contributed by atoms with Gasteiger partial charge in [-0.05, 0) is 50.5 Å². The minimum Gasteiger partial charge on any atom is -0.456 e. The maximum absolute atomic E-state index is 11.8. The molecule has 2 aromatic rings. The molecule has 0 aliphatic rings. The summed E-state index contributed by atoms with van der Waals surface area (Å²) in [7, 11) is 0.255. The van der Waals surface area contributed by atoms with Crippen LogP contribution in [0.25, 0.3) is 0 Å². The molecule has 0 spiro atoms. The van der Waals surface area contributed by atoms with Gasteiger partial charge in [-0.25, -0.2) is 8.42 Å². The van der Waals surface area contributed by atoms with Crippen LogP contribution in [0.2, 0.25) is 0 Å². The molecule has 0 fully saturated rings. The molecule has 0 bridgehead atoms. The molecule has 7 heteroatoms. The Labute approximate surface area is 142 Å². The van der Waals surface area contributed by atoms with Crippen molar-refractivity contribution in [2.45, 2.75) is 4.90 Å². The van der Waals surface area contributed by atoms with Crippen LogP contribution >= 0.6 is 0 Å². The summed E-state index contributed by atoms with van der Waals surface area (Å²) in [5.74, 6) is 0.636. The zero-order chi connectivity index (χ0) is 17.7. The highest BCUT2D eigenvalue weighted by Gasteiger charge is 2.14. The monoisotopic (exact) mass is 348 g/mol. The molecular formula is C17H20N2O4S. The van der Waals surface area contributed by atoms with Crippen molar-refractivity contribution < 1.29 is 17.9 Å². The van der Waals surface area contributed by atoms with Crippen LogP contribution in [-0.4, -0.2) is 46.1 Å². The molecular weight excluding hydrogens is 328 g/mol. The first-order valence-corrected chi connectivity index (χ1v) is 9.16. The Morgan fingerprint density at radius 1 is 1.08 bits per heavy atom. The Hall–Kier alpha value is -2.38. The molecule has 0 atom stereocenters. The van der Waals surface area contributed by atoms with E-state index in [1.54, 1.807) is 47.4 Å². The molecule has 0 aliphatic carbocycles. The second kappa shape index (κ2) is 7.46. The number of carbonyl (C=O) groups excluding carboxylic acids is 1. The van der Waals surface area contributed by atoms with Crippen molar-refractivity contribution in [1.29, 1.82) is 0 Å². The SMILES string of the molecule is CN(C)CC(=O)Nc1ccc(Oc2ccccc2S(C)(=O)=O)cc1. The number of sulfone groups is 1. The predicted octanol–water partition coefficient (Wildman–Crippen LogP) is 2.38. The Morgan fingerprint density at radius 3 is 2.29 bits per heavy atom. The number of anilines is 1. The second-order valence-corrected chi connectivity index (χ2v) is 7.62. The third kappa shape index (κ3) is 5.07. The Kier molecular flexibility index (Phi) is 5.58. The first-order valence-electron chi connectivity index (χ1n) is 7.27. The zero-order valence-electron chi connectivity index (χ0n) is 13.8. The van der Waals surface area contributed by atoms with Gasteiger partial charge in [0.2, 0.25) is 5.91 Å². The van der Waals surface area contributed by atoms with E-state index in [2.05, 4.69) is 5.32 Å². The lowest BCUT2D eigenvalue weighted by Crippen LogP contribution is -2.26. The van der Waals surface area contributed by atoms with E-state index in [1.807, 2.05) is 14.1 Å². The molecule has 128 valence electrons. The van der Waals surface area contributed by atoms with Gasteiger partial charge in [-0.3, -0.25) is 4.79 Å². The number of ether oxygens (including phenoxy) is 1. The number of amides is 1. The summed E-state index contributed by atoms with van der Waals surface area (Å²) >= 11 is 0. The second-order valence-electron chi connectivity index (χ2n) is 5.63. The summed E-state index contributed by atoms with van der Waals surface area (Å²) in [5.41, 5.74) is 0.644. The fourth-order valence-corrected chi connectivity index (χ4v) is 2.86. The fourth-order valence-electron chi connectivity index (χ4n) is 2.06. The van der Waals surface area contributed by atoms with Crippen LogP contribution < -0.4 is 10.1 Å². The Bertz CT molecular complexity index is 815. The van der Waals surface area contributed by atoms with Gasteiger partial charge < -0.3 is 15.0 Å². The summed E-state index contributed by atoms with van der Waals surface area (Å²) < 4.78 is 29.2. The standard InChI is InChI=1S/C17H20N2O4S/c1-19(2)12-17(20)18-13-8-10-14(11-9-13)23-15-6-4-5-7-16(15)24(3,21)22/h4-11H,12H2,1-3H3,(H,18,20). The fraction of sp³-hybridized carbons (Fsp3) is 0.235. The number of hydrogen-bond donors (Lipinski definition) is 1. The Morgan fingerprint density at radius 2 is 1.71 bits per heavy atom. The van der Waals surface area contributed by atoms with E-state index in [0.29, 0.717) is 18.0 Å². The number of carbonyl (C=O) groups is 1. The van der Waals surface area contributed by atoms with Crippen molar-refractivity contribution in [2.24, 2.45) is 0 Å². The third-order valence-electron chi connectivity index (χ3n) is 3.07. The van der Waals surface area contributed by atoms with Crippen LogP contribution in [0.1, 0.15) is 0 Å². The van der Waals surface area contributed by atoms with Gasteiger partial charge >= 0.3 is 0 Å². The average Bonchev–Trinajstić information content (AvgIpc) is 2.48. The maximum Gasteiger partial charge on any atom is 0.238 e. The molecule has 0 saturated heterocycles. The van der Waals surface area contributed by atoms with Crippen LogP contribution in [-0.2, 0) is 14.6 Å². The first-order chi connectivity index (χ1) is 11.3. The first kappa shape index (κ1) is 18.0. The maximum atomic E-state index is 11.8. The van der Waals surface area contributed by atoms with Gasteiger partial charge in [-0.2, -0.15) is 0 Å². The van der Waals surface area contributed by atoms with Crippen LogP contribution in [0.5, 0.6) is 11.5 Å². The van der Waals surface area contributed by atoms with Gasteiger partial charge in [-0.15, -0.1) is 0 Å². The van der Waals surface area contributed by atoms with Crippen LogP contribution in [0.15, 0.2) is 53.4 Å². The molecule has 0 aliphatic heterocycles. The van der Waals surface area contributed by atoms with E-state index < -0.39 is 9.84 Å². The van der Waals surface area contributed by atoms with E-state index in [4.69, 9.17) is 4.74 Å². The highest BCUT2D eigenvalue weighted by atomic mass is 32.2. The van der Waals surface area contributed by atoms with Crippen LogP contribution in [0.4, 0.5) is 5.69 Å².